The summed E-state index contributed by atoms with van der Waals surface area (Å²) in [5, 5.41) is 8.47. The largest absolute Gasteiger partial charge is 1.00 e. The first-order valence-corrected chi connectivity index (χ1v) is 7.68. The van der Waals surface area contributed by atoms with Gasteiger partial charge in [0.25, 0.3) is 0 Å². The number of hydrogen-bond acceptors (Lipinski definition) is 4. The zero-order chi connectivity index (χ0) is 14.0. The third-order valence-corrected chi connectivity index (χ3v) is 5.05. The van der Waals surface area contributed by atoms with Crippen molar-refractivity contribution in [2.24, 2.45) is 21.6 Å². The minimum Gasteiger partial charge on any atom is -0.574 e. The van der Waals surface area contributed by atoms with E-state index in [1.807, 2.05) is 27.7 Å². The van der Waals surface area contributed by atoms with Crippen molar-refractivity contribution in [3.63, 3.8) is 0 Å². The molecular formula is C13H16LiN3O2S. The summed E-state index contributed by atoms with van der Waals surface area (Å²) in [6.45, 7) is 7.78. The molecule has 0 radical (unpaired) electrons. The van der Waals surface area contributed by atoms with Crippen LogP contribution >= 0.6 is 0 Å². The van der Waals surface area contributed by atoms with Gasteiger partial charge in [-0.05, 0) is 24.0 Å². The predicted octanol–water partition coefficient (Wildman–Crippen LogP) is 0.260. The molecule has 3 aliphatic rings. The summed E-state index contributed by atoms with van der Waals surface area (Å²) in [6, 6.07) is -0.183. The van der Waals surface area contributed by atoms with Crippen LogP contribution in [0.25, 0.3) is 4.72 Å². The number of hydrogen-bond donors (Lipinski definition) is 0. The molecule has 0 amide bonds. The Morgan fingerprint density at radius 3 is 2.50 bits per heavy atom. The van der Waals surface area contributed by atoms with E-state index in [-0.39, 0.29) is 36.2 Å². The van der Waals surface area contributed by atoms with Gasteiger partial charge in [0.05, 0.1) is 11.6 Å². The van der Waals surface area contributed by atoms with Crippen molar-refractivity contribution >= 4 is 10.0 Å². The van der Waals surface area contributed by atoms with Gasteiger partial charge in [-0.3, -0.25) is 0 Å². The van der Waals surface area contributed by atoms with Gasteiger partial charge in [0, 0.05) is 4.91 Å². The van der Waals surface area contributed by atoms with Crippen LogP contribution in [0.3, 0.4) is 0 Å². The molecule has 2 heterocycles. The van der Waals surface area contributed by atoms with Crippen molar-refractivity contribution in [3.8, 4) is 0 Å². The van der Waals surface area contributed by atoms with E-state index in [9.17, 15) is 8.42 Å². The summed E-state index contributed by atoms with van der Waals surface area (Å²) in [4.78, 5) is 0.330. The summed E-state index contributed by atoms with van der Waals surface area (Å²) in [7, 11) is -3.60. The first kappa shape index (κ1) is 15.6. The molecule has 0 aromatic carbocycles. The second-order valence-electron chi connectivity index (χ2n) is 6.17. The number of azo groups is 1. The quantitative estimate of drug-likeness (QED) is 0.599. The van der Waals surface area contributed by atoms with Crippen molar-refractivity contribution in [1.29, 1.82) is 0 Å². The zero-order valence-corrected chi connectivity index (χ0v) is 13.2. The maximum atomic E-state index is 12.3. The topological polar surface area (TPSA) is 73.0 Å². The minimum atomic E-state index is -3.60. The van der Waals surface area contributed by atoms with E-state index in [1.165, 1.54) is 0 Å². The summed E-state index contributed by atoms with van der Waals surface area (Å²) >= 11 is 0. The maximum Gasteiger partial charge on any atom is 1.00 e. The summed E-state index contributed by atoms with van der Waals surface area (Å²) < 4.78 is 28.6. The zero-order valence-electron chi connectivity index (χ0n) is 12.4. The predicted molar refractivity (Wildman–Crippen MR) is 72.7 cm³/mol. The van der Waals surface area contributed by atoms with Crippen LogP contribution in [0.4, 0.5) is 0 Å². The number of sulfonamides is 1. The van der Waals surface area contributed by atoms with Gasteiger partial charge in [-0.25, -0.2) is 8.42 Å². The van der Waals surface area contributed by atoms with Crippen LogP contribution < -0.4 is 18.9 Å². The monoisotopic (exact) mass is 285 g/mol. The maximum absolute atomic E-state index is 12.3. The summed E-state index contributed by atoms with van der Waals surface area (Å²) in [6.07, 6.45) is 3.44. The summed E-state index contributed by atoms with van der Waals surface area (Å²) in [5.41, 5.74) is 1.93. The van der Waals surface area contributed by atoms with Crippen molar-refractivity contribution in [2.45, 2.75) is 33.7 Å². The average molecular weight is 285 g/mol. The Labute approximate surface area is 131 Å². The molecule has 102 valence electrons. The van der Waals surface area contributed by atoms with Crippen LogP contribution in [0.15, 0.2) is 44.3 Å². The first-order chi connectivity index (χ1) is 8.72. The summed E-state index contributed by atoms with van der Waals surface area (Å²) in [5.74, 6) is -0.276. The number of allylic oxidation sites excluding steroid dienone is 3. The van der Waals surface area contributed by atoms with Crippen molar-refractivity contribution < 1.29 is 27.3 Å². The molecule has 20 heavy (non-hydrogen) atoms. The van der Waals surface area contributed by atoms with E-state index in [1.54, 1.807) is 12.2 Å². The van der Waals surface area contributed by atoms with Crippen molar-refractivity contribution in [1.82, 2.24) is 0 Å². The Bertz CT molecular complexity index is 681. The van der Waals surface area contributed by atoms with Crippen molar-refractivity contribution in [3.05, 3.63) is 38.7 Å². The van der Waals surface area contributed by atoms with Crippen molar-refractivity contribution in [2.75, 3.05) is 0 Å². The van der Waals surface area contributed by atoms with E-state index in [4.69, 9.17) is 0 Å². The minimum absolute atomic E-state index is 0. The molecule has 2 atom stereocenters. The third-order valence-electron chi connectivity index (χ3n) is 3.65. The Morgan fingerprint density at radius 2 is 1.90 bits per heavy atom. The van der Waals surface area contributed by atoms with Gasteiger partial charge in [0.15, 0.2) is 0 Å². The molecule has 7 heteroatoms. The Morgan fingerprint density at radius 1 is 1.25 bits per heavy atom. The molecule has 0 aromatic rings. The van der Waals surface area contributed by atoms with Gasteiger partial charge >= 0.3 is 18.9 Å². The third kappa shape index (κ3) is 2.11. The van der Waals surface area contributed by atoms with E-state index in [0.29, 0.717) is 16.3 Å². The fourth-order valence-electron chi connectivity index (χ4n) is 2.64. The Kier molecular flexibility index (Phi) is 3.57. The molecule has 3 rings (SSSR count). The van der Waals surface area contributed by atoms with Crippen LogP contribution in [0.1, 0.15) is 27.7 Å². The second kappa shape index (κ2) is 4.59. The number of nitrogens with zero attached hydrogens (tertiary/aromatic N) is 3. The molecule has 2 unspecified atom stereocenters. The van der Waals surface area contributed by atoms with Crippen LogP contribution in [0.5, 0.6) is 0 Å². The van der Waals surface area contributed by atoms with E-state index in [0.717, 1.165) is 5.57 Å². The molecule has 0 N–H and O–H groups in total. The molecule has 1 aliphatic carbocycles. The molecule has 2 aliphatic heterocycles. The SMILES string of the molecule is CC1=CC=C2C3C(=C(C(C)(C)C)[N-]S2(=O)=O)N=NC13.[Li+]. The molecule has 5 nitrogen and oxygen atoms in total. The van der Waals surface area contributed by atoms with Crippen LogP contribution in [0.2, 0.25) is 0 Å². The smallest absolute Gasteiger partial charge is 0.574 e. The molecule has 0 aromatic heterocycles. The fraction of sp³-hybridized carbons (Fsp3) is 0.538. The van der Waals surface area contributed by atoms with Gasteiger partial charge in [-0.2, -0.15) is 10.2 Å². The molecule has 0 spiro atoms. The first-order valence-electron chi connectivity index (χ1n) is 6.24. The van der Waals surface area contributed by atoms with Gasteiger partial charge in [-0.1, -0.05) is 26.8 Å². The van der Waals surface area contributed by atoms with E-state index < -0.39 is 10.0 Å². The molecule has 0 fully saturated rings. The van der Waals surface area contributed by atoms with Crippen LogP contribution in [-0.4, -0.2) is 14.5 Å². The number of rotatable bonds is 0. The van der Waals surface area contributed by atoms with E-state index in [2.05, 4.69) is 15.0 Å². The normalized spacial score (nSPS) is 30.0. The van der Waals surface area contributed by atoms with Crippen LogP contribution in [-0.2, 0) is 10.0 Å². The molecule has 0 bridgehead atoms. The van der Waals surface area contributed by atoms with Gasteiger partial charge in [0.1, 0.15) is 16.1 Å². The van der Waals surface area contributed by atoms with Crippen LogP contribution in [0, 0.1) is 11.3 Å². The Balaban J connectivity index is 0.00000147. The van der Waals surface area contributed by atoms with Gasteiger partial charge in [0.2, 0.25) is 0 Å². The molecule has 0 saturated heterocycles. The van der Waals surface area contributed by atoms with E-state index >= 15 is 0 Å². The van der Waals surface area contributed by atoms with Gasteiger partial charge in [-0.15, -0.1) is 5.70 Å². The standard InChI is InChI=1S/C13H16N3O2S.Li/c1-7-5-6-8-9-10(7)14-15-11(9)12(13(2,3)4)16-19(8,17)18;/h5-6,9-10H,1-4H3;/q-1;+1. The average Bonchev–Trinajstić information content (AvgIpc) is 2.69. The molecule has 0 saturated carbocycles. The molecular weight excluding hydrogens is 269 g/mol. The Hall–Kier alpha value is -0.833. The fourth-order valence-corrected chi connectivity index (χ4v) is 4.16. The second-order valence-corrected chi connectivity index (χ2v) is 7.77. The van der Waals surface area contributed by atoms with Gasteiger partial charge < -0.3 is 4.72 Å².